The van der Waals surface area contributed by atoms with Crippen LogP contribution in [0.25, 0.3) is 0 Å². The van der Waals surface area contributed by atoms with E-state index in [2.05, 4.69) is 17.1 Å². The van der Waals surface area contributed by atoms with E-state index < -0.39 is 0 Å². The molecule has 8 nitrogen and oxygen atoms in total. The van der Waals surface area contributed by atoms with Crippen LogP contribution in [-0.4, -0.2) is 73.9 Å². The SMILES string of the molecule is CC[C@@H](C(=O)N1CCCN(c2ccc(NC(=O)c3cccc(OC)c3)cc2C(=O)N2CCCCC2)CC1)c1ccccc1. The van der Waals surface area contributed by atoms with Crippen molar-refractivity contribution in [2.24, 2.45) is 0 Å². The van der Waals surface area contributed by atoms with Crippen LogP contribution in [0.2, 0.25) is 0 Å². The van der Waals surface area contributed by atoms with Crippen molar-refractivity contribution in [1.29, 1.82) is 0 Å². The van der Waals surface area contributed by atoms with Crippen molar-refractivity contribution in [2.75, 3.05) is 56.6 Å². The van der Waals surface area contributed by atoms with Crippen molar-refractivity contribution in [2.45, 2.75) is 44.9 Å². The van der Waals surface area contributed by atoms with E-state index in [1.807, 2.05) is 52.3 Å². The molecule has 0 bridgehead atoms. The number of carbonyl (C=O) groups is 3. The van der Waals surface area contributed by atoms with Crippen molar-refractivity contribution in [3.05, 3.63) is 89.5 Å². The lowest BCUT2D eigenvalue weighted by Gasteiger charge is -2.31. The molecule has 226 valence electrons. The number of nitrogens with one attached hydrogen (secondary N) is 1. The summed E-state index contributed by atoms with van der Waals surface area (Å²) in [6.45, 7) is 6.18. The number of rotatable bonds is 8. The highest BCUT2D eigenvalue weighted by Gasteiger charge is 2.29. The number of hydrogen-bond acceptors (Lipinski definition) is 5. The minimum Gasteiger partial charge on any atom is -0.497 e. The quantitative estimate of drug-likeness (QED) is 0.363. The molecular weight excluding hydrogens is 540 g/mol. The maximum atomic E-state index is 13.9. The first-order valence-corrected chi connectivity index (χ1v) is 15.5. The van der Waals surface area contributed by atoms with Crippen LogP contribution in [0.1, 0.15) is 71.2 Å². The summed E-state index contributed by atoms with van der Waals surface area (Å²) in [6, 6.07) is 22.6. The lowest BCUT2D eigenvalue weighted by Crippen LogP contribution is -2.39. The average Bonchev–Trinajstić information content (AvgIpc) is 3.32. The Hall–Kier alpha value is -4.33. The molecule has 2 heterocycles. The Balaban J connectivity index is 1.37. The van der Waals surface area contributed by atoms with Gasteiger partial charge < -0.3 is 24.8 Å². The number of likely N-dealkylation sites (tertiary alicyclic amines) is 1. The van der Waals surface area contributed by atoms with E-state index in [0.29, 0.717) is 42.2 Å². The predicted octanol–water partition coefficient (Wildman–Crippen LogP) is 5.81. The molecule has 0 spiro atoms. The minimum atomic E-state index is -0.268. The molecule has 1 N–H and O–H groups in total. The van der Waals surface area contributed by atoms with Crippen LogP contribution in [0.3, 0.4) is 0 Å². The molecule has 0 unspecified atom stereocenters. The molecule has 2 aliphatic rings. The number of anilines is 2. The van der Waals surface area contributed by atoms with Gasteiger partial charge in [-0.05, 0) is 74.1 Å². The maximum absolute atomic E-state index is 13.9. The number of hydrogen-bond donors (Lipinski definition) is 1. The van der Waals surface area contributed by atoms with Gasteiger partial charge in [-0.15, -0.1) is 0 Å². The zero-order valence-electron chi connectivity index (χ0n) is 25.3. The van der Waals surface area contributed by atoms with Crippen molar-refractivity contribution in [1.82, 2.24) is 9.80 Å². The molecule has 0 aromatic heterocycles. The second-order valence-corrected chi connectivity index (χ2v) is 11.3. The fraction of sp³-hybridized carbons (Fsp3) is 0.400. The van der Waals surface area contributed by atoms with Crippen LogP contribution < -0.4 is 15.0 Å². The third-order valence-electron chi connectivity index (χ3n) is 8.52. The van der Waals surface area contributed by atoms with Gasteiger partial charge in [0.2, 0.25) is 5.91 Å². The number of piperidine rings is 1. The van der Waals surface area contributed by atoms with Crippen LogP contribution in [0.4, 0.5) is 11.4 Å². The molecule has 43 heavy (non-hydrogen) atoms. The third-order valence-corrected chi connectivity index (χ3v) is 8.52. The molecule has 5 rings (SSSR count). The zero-order chi connectivity index (χ0) is 30.2. The second kappa shape index (κ2) is 14.2. The third kappa shape index (κ3) is 7.19. The summed E-state index contributed by atoms with van der Waals surface area (Å²) < 4.78 is 5.27. The largest absolute Gasteiger partial charge is 0.497 e. The number of ether oxygens (including phenoxy) is 1. The normalized spacial score (nSPS) is 16.3. The van der Waals surface area contributed by atoms with E-state index in [9.17, 15) is 14.4 Å². The van der Waals surface area contributed by atoms with Crippen LogP contribution in [0, 0.1) is 0 Å². The van der Waals surface area contributed by atoms with E-state index in [1.165, 1.54) is 0 Å². The Morgan fingerprint density at radius 2 is 1.56 bits per heavy atom. The molecule has 2 fully saturated rings. The first kappa shape index (κ1) is 30.1. The minimum absolute atomic E-state index is 0.0144. The maximum Gasteiger partial charge on any atom is 0.256 e. The van der Waals surface area contributed by atoms with Crippen molar-refractivity contribution in [3.63, 3.8) is 0 Å². The van der Waals surface area contributed by atoms with E-state index in [4.69, 9.17) is 4.74 Å². The van der Waals surface area contributed by atoms with E-state index in [1.54, 1.807) is 37.4 Å². The number of nitrogens with zero attached hydrogens (tertiary/aromatic N) is 3. The van der Waals surface area contributed by atoms with E-state index in [0.717, 1.165) is 63.0 Å². The summed E-state index contributed by atoms with van der Waals surface area (Å²) in [6.07, 6.45) is 4.68. The van der Waals surface area contributed by atoms with Gasteiger partial charge in [-0.25, -0.2) is 0 Å². The highest BCUT2D eigenvalue weighted by Crippen LogP contribution is 2.30. The smallest absolute Gasteiger partial charge is 0.256 e. The topological polar surface area (TPSA) is 82.2 Å². The first-order valence-electron chi connectivity index (χ1n) is 15.5. The second-order valence-electron chi connectivity index (χ2n) is 11.3. The van der Waals surface area contributed by atoms with Crippen LogP contribution in [-0.2, 0) is 4.79 Å². The Morgan fingerprint density at radius 1 is 0.791 bits per heavy atom. The molecule has 0 saturated carbocycles. The molecule has 0 aliphatic carbocycles. The molecule has 3 aromatic rings. The summed E-state index contributed by atoms with van der Waals surface area (Å²) >= 11 is 0. The molecule has 8 heteroatoms. The van der Waals surface area contributed by atoms with Gasteiger partial charge in [-0.1, -0.05) is 43.3 Å². The average molecular weight is 583 g/mol. The Kier molecular flexibility index (Phi) is 9.97. The number of benzene rings is 3. The standard InChI is InChI=1S/C35H42N4O4/c1-3-30(26-12-6-4-7-13-26)34(41)39-21-11-20-37(22-23-39)32-17-16-28(25-31(32)35(42)38-18-8-5-9-19-38)36-33(40)27-14-10-15-29(24-27)43-2/h4,6-7,10,12-17,24-25,30H,3,5,8-9,11,18-23H2,1-2H3,(H,36,40)/t30-/m1/s1. The van der Waals surface area contributed by atoms with Gasteiger partial charge in [0, 0.05) is 56.2 Å². The molecular formula is C35H42N4O4. The lowest BCUT2D eigenvalue weighted by atomic mass is 9.95. The molecule has 2 saturated heterocycles. The molecule has 2 aliphatic heterocycles. The summed E-state index contributed by atoms with van der Waals surface area (Å²) in [5.74, 6) is 0.328. The van der Waals surface area contributed by atoms with Crippen molar-refractivity contribution in [3.8, 4) is 5.75 Å². The highest BCUT2D eigenvalue weighted by molar-refractivity contribution is 6.06. The summed E-state index contributed by atoms with van der Waals surface area (Å²) in [5.41, 5.74) is 3.53. The van der Waals surface area contributed by atoms with Crippen LogP contribution >= 0.6 is 0 Å². The first-order chi connectivity index (χ1) is 21.0. The summed E-state index contributed by atoms with van der Waals surface area (Å²) in [5, 5.41) is 2.97. The predicted molar refractivity (Wildman–Crippen MR) is 170 cm³/mol. The van der Waals surface area contributed by atoms with E-state index >= 15 is 0 Å². The van der Waals surface area contributed by atoms with Gasteiger partial charge in [0.1, 0.15) is 5.75 Å². The Labute approximate surface area is 254 Å². The number of carbonyl (C=O) groups excluding carboxylic acids is 3. The highest BCUT2D eigenvalue weighted by atomic mass is 16.5. The van der Waals surface area contributed by atoms with Crippen LogP contribution in [0.15, 0.2) is 72.8 Å². The Morgan fingerprint density at radius 3 is 2.30 bits per heavy atom. The van der Waals surface area contributed by atoms with Gasteiger partial charge in [-0.3, -0.25) is 14.4 Å². The van der Waals surface area contributed by atoms with Gasteiger partial charge in [0.25, 0.3) is 11.8 Å². The summed E-state index contributed by atoms with van der Waals surface area (Å²) in [4.78, 5) is 46.7. The van der Waals surface area contributed by atoms with Crippen molar-refractivity contribution >= 4 is 29.1 Å². The summed E-state index contributed by atoms with van der Waals surface area (Å²) in [7, 11) is 1.57. The molecule has 3 aromatic carbocycles. The molecule has 0 radical (unpaired) electrons. The number of amides is 3. The van der Waals surface area contributed by atoms with E-state index in [-0.39, 0.29) is 23.6 Å². The van der Waals surface area contributed by atoms with Gasteiger partial charge >= 0.3 is 0 Å². The zero-order valence-corrected chi connectivity index (χ0v) is 25.3. The fourth-order valence-corrected chi connectivity index (χ4v) is 6.13. The lowest BCUT2D eigenvalue weighted by molar-refractivity contribution is -0.132. The van der Waals surface area contributed by atoms with Crippen molar-refractivity contribution < 1.29 is 19.1 Å². The van der Waals surface area contributed by atoms with Gasteiger partial charge in [0.05, 0.1) is 18.6 Å². The molecule has 3 amide bonds. The van der Waals surface area contributed by atoms with Crippen LogP contribution in [0.5, 0.6) is 5.75 Å². The molecule has 1 atom stereocenters. The number of methoxy groups -OCH3 is 1. The van der Waals surface area contributed by atoms with Gasteiger partial charge in [-0.2, -0.15) is 0 Å². The van der Waals surface area contributed by atoms with Gasteiger partial charge in [0.15, 0.2) is 0 Å². The monoisotopic (exact) mass is 582 g/mol. The Bertz CT molecular complexity index is 1420. The fourth-order valence-electron chi connectivity index (χ4n) is 6.13.